The van der Waals surface area contributed by atoms with Crippen molar-refractivity contribution in [2.45, 2.75) is 0 Å². The van der Waals surface area contributed by atoms with Crippen molar-refractivity contribution in [1.82, 2.24) is 10.0 Å². The van der Waals surface area contributed by atoms with E-state index in [1.807, 2.05) is 54.6 Å². The highest BCUT2D eigenvalue weighted by atomic mass is 35.5. The van der Waals surface area contributed by atoms with Gasteiger partial charge in [-0.2, -0.15) is 0 Å². The predicted octanol–water partition coefficient (Wildman–Crippen LogP) is 3.99. The normalized spacial score (nSPS) is 21.4. The van der Waals surface area contributed by atoms with E-state index in [1.165, 1.54) is 0 Å². The molecule has 0 spiro atoms. The Morgan fingerprint density at radius 1 is 0.895 bits per heavy atom. The van der Waals surface area contributed by atoms with Gasteiger partial charge in [-0.3, -0.25) is 0 Å². The second-order valence-electron chi connectivity index (χ2n) is 4.33. The number of nitrogens with one attached hydrogen (secondary N) is 2. The van der Waals surface area contributed by atoms with E-state index in [0.29, 0.717) is 10.9 Å². The van der Waals surface area contributed by atoms with E-state index in [0.717, 1.165) is 11.4 Å². The highest BCUT2D eigenvalue weighted by Gasteiger charge is 2.40. The molecule has 1 aliphatic rings. The van der Waals surface area contributed by atoms with Crippen molar-refractivity contribution in [2.24, 2.45) is 0 Å². The van der Waals surface area contributed by atoms with Crippen LogP contribution in [0.5, 0.6) is 0 Å². The van der Waals surface area contributed by atoms with Crippen LogP contribution in [0.4, 0.5) is 11.4 Å². The van der Waals surface area contributed by atoms with Gasteiger partial charge in [0.25, 0.3) is 5.84 Å². The molecule has 1 heterocycles. The fraction of sp³-hybridized carbons (Fsp3) is 0. The number of benzene rings is 2. The van der Waals surface area contributed by atoms with Crippen molar-refractivity contribution in [1.29, 1.82) is 5.41 Å². The molecule has 0 aliphatic carbocycles. The van der Waals surface area contributed by atoms with Crippen LogP contribution < -0.4 is 10.0 Å². The third-order valence-electron chi connectivity index (χ3n) is 3.23. The third-order valence-corrected chi connectivity index (χ3v) is 3.48. The van der Waals surface area contributed by atoms with E-state index in [2.05, 4.69) is 5.43 Å². The summed E-state index contributed by atoms with van der Waals surface area (Å²) >= 11 is 5.95. The molecule has 1 unspecified atom stereocenters. The molecule has 19 heavy (non-hydrogen) atoms. The first kappa shape index (κ1) is 12.0. The monoisotopic (exact) mass is 270 g/mol. The summed E-state index contributed by atoms with van der Waals surface area (Å²) in [6.07, 6.45) is 3.56. The summed E-state index contributed by atoms with van der Waals surface area (Å²) < 4.78 is 0.179. The molecule has 2 aromatic carbocycles. The number of amidine groups is 1. The van der Waals surface area contributed by atoms with Gasteiger partial charge in [0, 0.05) is 35.4 Å². The lowest BCUT2D eigenvalue weighted by molar-refractivity contribution is 0.494. The molecule has 3 nitrogen and oxygen atoms in total. The van der Waals surface area contributed by atoms with Crippen molar-refractivity contribution in [2.75, 3.05) is 0 Å². The molecule has 2 N–H and O–H groups in total. The van der Waals surface area contributed by atoms with E-state index in [4.69, 9.17) is 17.0 Å². The zero-order chi connectivity index (χ0) is 13.3. The highest BCUT2D eigenvalue weighted by molar-refractivity contribution is 6.30. The maximum Gasteiger partial charge on any atom is 0.257 e. The van der Waals surface area contributed by atoms with E-state index in [1.54, 1.807) is 12.3 Å². The SMILES string of the molecule is N=C1C=CN[N+]1(c1ccccc1)c1ccc(Cl)cc1. The fourth-order valence-corrected chi connectivity index (χ4v) is 2.43. The molecule has 1 aliphatic heterocycles. The number of rotatable bonds is 2. The summed E-state index contributed by atoms with van der Waals surface area (Å²) in [6, 6.07) is 17.5. The largest absolute Gasteiger partial charge is 0.257 e. The van der Waals surface area contributed by atoms with Gasteiger partial charge in [0.15, 0.2) is 11.4 Å². The van der Waals surface area contributed by atoms with Gasteiger partial charge in [0.05, 0.1) is 6.20 Å². The Labute approximate surface area is 116 Å². The van der Waals surface area contributed by atoms with Gasteiger partial charge in [-0.15, -0.1) is 4.59 Å². The first-order chi connectivity index (χ1) is 9.23. The molecule has 0 radical (unpaired) electrons. The molecular formula is C15H13ClN3+. The van der Waals surface area contributed by atoms with Crippen molar-refractivity contribution >= 4 is 28.8 Å². The zero-order valence-corrected chi connectivity index (χ0v) is 10.9. The molecule has 0 bridgehead atoms. The Morgan fingerprint density at radius 2 is 1.53 bits per heavy atom. The van der Waals surface area contributed by atoms with E-state index in [-0.39, 0.29) is 4.59 Å². The molecule has 1 atom stereocenters. The lowest BCUT2D eigenvalue weighted by Crippen LogP contribution is -2.53. The lowest BCUT2D eigenvalue weighted by Gasteiger charge is -2.31. The summed E-state index contributed by atoms with van der Waals surface area (Å²) in [6.45, 7) is 0. The number of halogens is 1. The maximum atomic E-state index is 8.27. The molecule has 2 aromatic rings. The smallest absolute Gasteiger partial charge is 0.248 e. The Bertz CT molecular complexity index is 634. The average Bonchev–Trinajstić information content (AvgIpc) is 2.83. The van der Waals surface area contributed by atoms with Crippen molar-refractivity contribution < 1.29 is 0 Å². The van der Waals surface area contributed by atoms with Crippen LogP contribution in [0.1, 0.15) is 0 Å². The minimum atomic E-state index is 0.179. The minimum absolute atomic E-state index is 0.179. The van der Waals surface area contributed by atoms with Crippen LogP contribution in [0.25, 0.3) is 0 Å². The Morgan fingerprint density at radius 3 is 2.11 bits per heavy atom. The topological polar surface area (TPSA) is 35.9 Å². The summed E-state index contributed by atoms with van der Waals surface area (Å²) in [5.41, 5.74) is 5.20. The minimum Gasteiger partial charge on any atom is -0.248 e. The van der Waals surface area contributed by atoms with Crippen LogP contribution in [0.2, 0.25) is 5.02 Å². The Balaban J connectivity index is 2.19. The zero-order valence-electron chi connectivity index (χ0n) is 10.2. The van der Waals surface area contributed by atoms with Crippen LogP contribution in [-0.4, -0.2) is 5.84 Å². The molecule has 0 amide bonds. The fourth-order valence-electron chi connectivity index (χ4n) is 2.30. The summed E-state index contributed by atoms with van der Waals surface area (Å²) in [4.78, 5) is 0. The van der Waals surface area contributed by atoms with E-state index < -0.39 is 0 Å². The second-order valence-corrected chi connectivity index (χ2v) is 4.77. The van der Waals surface area contributed by atoms with Crippen LogP contribution >= 0.6 is 11.6 Å². The number of hydrogen-bond acceptors (Lipinski definition) is 2. The van der Waals surface area contributed by atoms with Crippen LogP contribution in [0.3, 0.4) is 0 Å². The van der Waals surface area contributed by atoms with Crippen molar-refractivity contribution in [3.63, 3.8) is 0 Å². The number of para-hydroxylation sites is 1. The summed E-state index contributed by atoms with van der Waals surface area (Å²) in [5, 5.41) is 8.96. The molecule has 94 valence electrons. The van der Waals surface area contributed by atoms with Crippen LogP contribution in [0.15, 0.2) is 66.9 Å². The van der Waals surface area contributed by atoms with E-state index >= 15 is 0 Å². The van der Waals surface area contributed by atoms with Crippen LogP contribution in [-0.2, 0) is 0 Å². The Kier molecular flexibility index (Phi) is 2.85. The second kappa shape index (κ2) is 4.53. The van der Waals surface area contributed by atoms with E-state index in [9.17, 15) is 0 Å². The standard InChI is InChI=1S/C15H13ClN3/c16-12-6-8-14(9-7-12)19(15(17)10-11-18-19)13-4-2-1-3-5-13/h1-11,17-18H/q+1. The van der Waals surface area contributed by atoms with Gasteiger partial charge in [0.2, 0.25) is 0 Å². The summed E-state index contributed by atoms with van der Waals surface area (Å²) in [5.74, 6) is 0.466. The van der Waals surface area contributed by atoms with Gasteiger partial charge < -0.3 is 0 Å². The van der Waals surface area contributed by atoms with Gasteiger partial charge in [-0.1, -0.05) is 29.8 Å². The van der Waals surface area contributed by atoms with Gasteiger partial charge >= 0.3 is 0 Å². The molecule has 3 rings (SSSR count). The number of nitrogens with zero attached hydrogens (tertiary/aromatic N) is 1. The molecular weight excluding hydrogens is 258 g/mol. The van der Waals surface area contributed by atoms with Crippen molar-refractivity contribution in [3.05, 3.63) is 71.9 Å². The number of quaternary nitrogens is 1. The van der Waals surface area contributed by atoms with Gasteiger partial charge in [-0.25, -0.2) is 10.8 Å². The molecule has 4 heteroatoms. The van der Waals surface area contributed by atoms with Gasteiger partial charge in [0.1, 0.15) is 0 Å². The molecule has 0 aromatic heterocycles. The molecule has 0 saturated carbocycles. The quantitative estimate of drug-likeness (QED) is 0.796. The Hall–Kier alpha value is -2.10. The van der Waals surface area contributed by atoms with Gasteiger partial charge in [-0.05, 0) is 12.1 Å². The first-order valence-electron chi connectivity index (χ1n) is 5.98. The molecule has 0 saturated heterocycles. The molecule has 0 fully saturated rings. The average molecular weight is 271 g/mol. The lowest BCUT2D eigenvalue weighted by atomic mass is 10.2. The summed E-state index contributed by atoms with van der Waals surface area (Å²) in [7, 11) is 0. The van der Waals surface area contributed by atoms with Crippen molar-refractivity contribution in [3.8, 4) is 0 Å². The number of hydrogen-bond donors (Lipinski definition) is 2. The maximum absolute atomic E-state index is 8.27. The van der Waals surface area contributed by atoms with Crippen LogP contribution in [0, 0.1) is 5.41 Å². The highest BCUT2D eigenvalue weighted by Crippen LogP contribution is 2.35. The first-order valence-corrected chi connectivity index (χ1v) is 6.35. The third kappa shape index (κ3) is 1.84. The predicted molar refractivity (Wildman–Crippen MR) is 79.4 cm³/mol.